The Bertz CT molecular complexity index is 4000. The Labute approximate surface area is 566 Å². The molecule has 8 aromatic carbocycles. The molecule has 1 fully saturated rings. The van der Waals surface area contributed by atoms with Gasteiger partial charge >= 0.3 is 43.5 Å². The highest BCUT2D eigenvalue weighted by molar-refractivity contribution is 5.87. The van der Waals surface area contributed by atoms with Gasteiger partial charge in [0.2, 0.25) is 11.8 Å². The number of alkyl carbamates (subject to hydrolysis) is 1. The number of hydrogen-bond donors (Lipinski definition) is 5. The van der Waals surface area contributed by atoms with Gasteiger partial charge in [-0.05, 0) is 130 Å². The predicted molar refractivity (Wildman–Crippen MR) is 335 cm³/mol. The van der Waals surface area contributed by atoms with Crippen molar-refractivity contribution in [2.75, 3.05) is 19.7 Å². The Balaban J connectivity index is 0.000000250. The summed E-state index contributed by atoms with van der Waals surface area (Å²) in [7, 11) is 0. The minimum atomic E-state index is -5.10. The highest BCUT2D eigenvalue weighted by Crippen LogP contribution is 2.46. The summed E-state index contributed by atoms with van der Waals surface area (Å²) in [5.74, 6) is -9.65. The lowest BCUT2D eigenvalue weighted by Crippen LogP contribution is -2.56. The van der Waals surface area contributed by atoms with Crippen LogP contribution in [0.4, 0.5) is 83.8 Å². The van der Waals surface area contributed by atoms with Gasteiger partial charge < -0.3 is 41.2 Å². The minimum absolute atomic E-state index is 0.0162. The van der Waals surface area contributed by atoms with Crippen LogP contribution in [0.15, 0.2) is 194 Å². The molecule has 0 aromatic heterocycles. The van der Waals surface area contributed by atoms with Gasteiger partial charge in [-0.1, -0.05) is 140 Å². The van der Waals surface area contributed by atoms with E-state index in [2.05, 4.69) is 25.4 Å². The van der Waals surface area contributed by atoms with Crippen LogP contribution in [-0.2, 0) is 38.2 Å². The molecule has 0 saturated carbocycles. The summed E-state index contributed by atoms with van der Waals surface area (Å²) in [5.41, 5.74) is 4.36. The summed E-state index contributed by atoms with van der Waals surface area (Å²) in [6.45, 7) is 2.18. The van der Waals surface area contributed by atoms with Crippen LogP contribution in [0, 0.1) is 23.3 Å². The summed E-state index contributed by atoms with van der Waals surface area (Å²) in [5, 5.41) is 10.0. The zero-order valence-electron chi connectivity index (χ0n) is 52.8. The highest BCUT2D eigenvalue weighted by Gasteiger charge is 2.48. The third kappa shape index (κ3) is 20.9. The normalized spacial score (nSPS) is 15.0. The standard InChI is InChI=1S/C41H31F9N2O4.C26H21F9N2O2.C5H11N/c42-27-16-14-25(15-17-27)39(21-24-8-2-1-3-9-24,26-18-28(43)20-29(19-26)56-41(49,50)37(44)45)52-36(53)35(22-40(46,47)48)51-38(54)55-23-34-32-12-6-4-10-30(32)31-11-5-7-13-33(31)34;27-18-8-6-16(7-9-18)24(13-15-4-2-1-3-5-15,37-22(38)21(36)14-25(31,32)33)17-10-19(28)12-20(11-17)39-26(34,35)23(29)30;1-2-4-6-5-3-1/h1-20,34-35,37H,21-23H2,(H,51,54)(H,52,53);1-12,21,23H,13-14,36H2,(H,37,38);6H,1-5H2/t35-,39+;21-,24+;/m00./s1. The second kappa shape index (κ2) is 33.1. The van der Waals surface area contributed by atoms with Gasteiger partial charge in [0.1, 0.15) is 47.4 Å². The van der Waals surface area contributed by atoms with Crippen molar-refractivity contribution in [2.24, 2.45) is 5.73 Å². The number of piperidine rings is 1. The average Bonchev–Trinajstić information content (AvgIpc) is 0.994. The van der Waals surface area contributed by atoms with Crippen molar-refractivity contribution in [1.29, 1.82) is 0 Å². The van der Waals surface area contributed by atoms with Gasteiger partial charge in [-0.15, -0.1) is 0 Å². The largest absolute Gasteiger partial charge is 0.461 e. The van der Waals surface area contributed by atoms with Gasteiger partial charge in [-0.2, -0.15) is 61.5 Å². The van der Waals surface area contributed by atoms with E-state index in [0.717, 1.165) is 89.0 Å². The maximum Gasteiger partial charge on any atom is 0.461 e. The molecule has 1 aliphatic carbocycles. The number of amides is 3. The molecule has 2 aliphatic rings. The maximum atomic E-state index is 15.2. The van der Waals surface area contributed by atoms with Crippen molar-refractivity contribution in [3.63, 3.8) is 0 Å². The van der Waals surface area contributed by atoms with E-state index in [4.69, 9.17) is 10.5 Å². The van der Waals surface area contributed by atoms with Gasteiger partial charge in [-0.25, -0.2) is 22.4 Å². The molecule has 6 N–H and O–H groups in total. The van der Waals surface area contributed by atoms with Crippen LogP contribution in [0.5, 0.6) is 11.5 Å². The number of ether oxygens (including phenoxy) is 3. The third-order valence-corrected chi connectivity index (χ3v) is 16.1. The summed E-state index contributed by atoms with van der Waals surface area (Å²) < 4.78 is 260. The first-order valence-electron chi connectivity index (χ1n) is 30.9. The van der Waals surface area contributed by atoms with E-state index < -0.39 is 144 Å². The van der Waals surface area contributed by atoms with Gasteiger partial charge in [0.15, 0.2) is 0 Å². The van der Waals surface area contributed by atoms with Crippen LogP contribution in [-0.4, -0.2) is 87.1 Å². The van der Waals surface area contributed by atoms with Crippen molar-refractivity contribution in [3.8, 4) is 22.6 Å². The first kappa shape index (κ1) is 77.0. The second-order valence-corrected chi connectivity index (χ2v) is 23.5. The van der Waals surface area contributed by atoms with E-state index in [9.17, 15) is 89.0 Å². The molecular formula is C72H63F18N5O6. The SMILES string of the molecule is C1CCNCC1.N[C@@H](CC(F)(F)F)C(=O)N[C@](Cc1ccccc1)(c1ccc(F)cc1)c1cc(F)cc(OC(F)(F)C(F)F)c1.O=C(N[C@@H](CC(F)(F)F)C(=O)N[C@](Cc1ccccc1)(c1ccc(F)cc1)c1cc(F)cc(OC(F)(F)C(F)F)c1)OCC1c2ccccc2-c2ccccc21. The molecule has 0 spiro atoms. The Morgan fingerprint density at radius 1 is 0.465 bits per heavy atom. The monoisotopic (exact) mass is 1440 g/mol. The number of benzene rings is 8. The Morgan fingerprint density at radius 3 is 1.24 bits per heavy atom. The smallest absolute Gasteiger partial charge is 0.449 e. The summed E-state index contributed by atoms with van der Waals surface area (Å²) >= 11 is 0. The predicted octanol–water partition coefficient (Wildman–Crippen LogP) is 16.5. The van der Waals surface area contributed by atoms with Gasteiger partial charge in [-0.3, -0.25) is 9.59 Å². The number of rotatable bonds is 23. The maximum absolute atomic E-state index is 15.2. The number of nitrogens with two attached hydrogens (primary N) is 1. The molecule has 0 unspecified atom stereocenters. The van der Waals surface area contributed by atoms with Gasteiger partial charge in [0, 0.05) is 30.9 Å². The Hall–Kier alpha value is -9.77. The quantitative estimate of drug-likeness (QED) is 0.0397. The van der Waals surface area contributed by atoms with Crippen LogP contribution in [0.25, 0.3) is 11.1 Å². The molecule has 29 heteroatoms. The summed E-state index contributed by atoms with van der Waals surface area (Å²) in [6.07, 6.45) is -30.3. The second-order valence-electron chi connectivity index (χ2n) is 23.5. The minimum Gasteiger partial charge on any atom is -0.449 e. The molecular weight excluding hydrogens is 1370 g/mol. The molecule has 1 aliphatic heterocycles. The fourth-order valence-corrected chi connectivity index (χ4v) is 11.5. The Kier molecular flexibility index (Phi) is 25.3. The number of carbonyl (C=O) groups is 3. The molecule has 1 heterocycles. The van der Waals surface area contributed by atoms with Gasteiger partial charge in [0.05, 0.1) is 30.0 Å². The Morgan fingerprint density at radius 2 is 0.861 bits per heavy atom. The number of alkyl halides is 14. The molecule has 8 aromatic rings. The first-order chi connectivity index (χ1) is 47.7. The molecule has 4 atom stereocenters. The summed E-state index contributed by atoms with van der Waals surface area (Å²) in [4.78, 5) is 40.3. The highest BCUT2D eigenvalue weighted by atomic mass is 19.4. The number of nitrogens with one attached hydrogen (secondary N) is 4. The molecule has 11 nitrogen and oxygen atoms in total. The lowest BCUT2D eigenvalue weighted by molar-refractivity contribution is -0.253. The van der Waals surface area contributed by atoms with E-state index in [-0.39, 0.29) is 29.7 Å². The topological polar surface area (TPSA) is 153 Å². The van der Waals surface area contributed by atoms with E-state index in [0.29, 0.717) is 29.3 Å². The zero-order valence-corrected chi connectivity index (χ0v) is 52.8. The molecule has 538 valence electrons. The molecule has 10 rings (SSSR count). The number of carbonyl (C=O) groups excluding carboxylic acids is 3. The van der Waals surface area contributed by atoms with E-state index in [1.165, 1.54) is 44.5 Å². The third-order valence-electron chi connectivity index (χ3n) is 16.1. The van der Waals surface area contributed by atoms with Gasteiger partial charge in [0.25, 0.3) is 0 Å². The van der Waals surface area contributed by atoms with E-state index in [1.807, 2.05) is 41.7 Å². The molecule has 1 saturated heterocycles. The fraction of sp³-hybridized carbons (Fsp3) is 0.292. The van der Waals surface area contributed by atoms with Crippen molar-refractivity contribution < 1.29 is 108 Å². The molecule has 3 amide bonds. The van der Waals surface area contributed by atoms with Crippen LogP contribution in [0.2, 0.25) is 0 Å². The molecule has 101 heavy (non-hydrogen) atoms. The molecule has 0 bridgehead atoms. The number of fused-ring (bicyclic) bond motifs is 3. The van der Waals surface area contributed by atoms with Crippen LogP contribution in [0.1, 0.15) is 82.5 Å². The molecule has 0 radical (unpaired) electrons. The zero-order chi connectivity index (χ0) is 73.5. The van der Waals surface area contributed by atoms with Crippen LogP contribution in [0.3, 0.4) is 0 Å². The number of hydrogen-bond acceptors (Lipinski definition) is 8. The van der Waals surface area contributed by atoms with Crippen molar-refractivity contribution >= 4 is 17.9 Å². The lowest BCUT2D eigenvalue weighted by Gasteiger charge is -2.38. The van der Waals surface area contributed by atoms with Crippen LogP contribution < -0.4 is 36.5 Å². The first-order valence-corrected chi connectivity index (χ1v) is 30.9. The average molecular weight is 1440 g/mol. The lowest BCUT2D eigenvalue weighted by atomic mass is 9.77. The van der Waals surface area contributed by atoms with Crippen LogP contribution >= 0.6 is 0 Å². The van der Waals surface area contributed by atoms with Crippen molar-refractivity contribution in [3.05, 3.63) is 262 Å². The fourth-order valence-electron chi connectivity index (χ4n) is 11.5. The van der Waals surface area contributed by atoms with E-state index >= 15 is 4.39 Å². The summed E-state index contributed by atoms with van der Waals surface area (Å²) in [6, 6.07) is 37.5. The van der Waals surface area contributed by atoms with E-state index in [1.54, 1.807) is 60.7 Å². The van der Waals surface area contributed by atoms with Crippen molar-refractivity contribution in [1.82, 2.24) is 21.3 Å². The number of halogens is 18. The van der Waals surface area contributed by atoms with Crippen molar-refractivity contribution in [2.45, 2.75) is 111 Å².